The van der Waals surface area contributed by atoms with E-state index >= 15 is 0 Å². The maximum absolute atomic E-state index is 7.16. The molecule has 1 aromatic carbocycles. The van der Waals surface area contributed by atoms with Gasteiger partial charge in [-0.05, 0) is 70.1 Å². The summed E-state index contributed by atoms with van der Waals surface area (Å²) >= 11 is 6.40. The fourth-order valence-corrected chi connectivity index (χ4v) is 7.15. The number of rotatable bonds is 15. The average Bonchev–Trinajstić information content (AvgIpc) is 3.60. The van der Waals surface area contributed by atoms with Crippen molar-refractivity contribution in [1.82, 2.24) is 30.0 Å². The Morgan fingerprint density at radius 1 is 1.00 bits per heavy atom. The highest BCUT2D eigenvalue weighted by atomic mass is 35.5. The third-order valence-electron chi connectivity index (χ3n) is 9.62. The molecule has 2 aromatic heterocycles. The molecule has 2 aliphatic heterocycles. The number of hydrogen-bond acceptors (Lipinski definition) is 10. The van der Waals surface area contributed by atoms with E-state index in [-0.39, 0.29) is 12.2 Å². The molecule has 1 aliphatic carbocycles. The monoisotopic (exact) mass is 666 g/mol. The van der Waals surface area contributed by atoms with Crippen LogP contribution in [0.3, 0.4) is 0 Å². The van der Waals surface area contributed by atoms with E-state index in [9.17, 15) is 0 Å². The minimum Gasteiger partial charge on any atom is -0.487 e. The van der Waals surface area contributed by atoms with Crippen molar-refractivity contribution in [3.8, 4) is 22.8 Å². The van der Waals surface area contributed by atoms with Crippen LogP contribution in [0.1, 0.15) is 64.8 Å². The maximum Gasteiger partial charge on any atom is 0.256 e. The van der Waals surface area contributed by atoms with Gasteiger partial charge >= 0.3 is 0 Å². The number of anilines is 2. The molecular weight excluding hydrogens is 620 g/mol. The fourth-order valence-electron chi connectivity index (χ4n) is 6.99. The Morgan fingerprint density at radius 3 is 2.40 bits per heavy atom. The van der Waals surface area contributed by atoms with E-state index in [1.54, 1.807) is 25.6 Å². The van der Waals surface area contributed by atoms with Gasteiger partial charge < -0.3 is 29.6 Å². The molecule has 2 saturated heterocycles. The molecule has 3 aromatic rings. The zero-order chi connectivity index (χ0) is 32.8. The molecule has 3 aliphatic rings. The number of aromatic nitrogens is 4. The quantitative estimate of drug-likeness (QED) is 0.134. The molecule has 3 fully saturated rings. The van der Waals surface area contributed by atoms with Gasteiger partial charge in [0.2, 0.25) is 5.95 Å². The standard InChI is InChI=1S/C34H47ClN8O4/c1-22(44-3)12-13-46-33-31(18-42(41-33)26-5-7-27(8-6-26)43-28-9-10-29(43)20-45-19-28)40-34-38-16-25(17-39-34)24-4-11-30(35)32(14-24)47-23(2)15-37-21-36/h4,11,14,16-18,21-23,26-29H,5-10,12-13,15,19-20H2,1-3H3,(H2,36,37)(H,38,39,40)/t22?,23-,26-,27-,28-,29?/m0/s1. The number of fused-ring (bicyclic) bond motifs is 2. The molecule has 0 spiro atoms. The van der Waals surface area contributed by atoms with Crippen molar-refractivity contribution in [2.24, 2.45) is 0 Å². The van der Waals surface area contributed by atoms with Gasteiger partial charge in [-0.3, -0.25) is 15.0 Å². The van der Waals surface area contributed by atoms with Crippen LogP contribution in [0.5, 0.6) is 11.6 Å². The van der Waals surface area contributed by atoms with E-state index in [0.29, 0.717) is 59.9 Å². The number of ether oxygens (including phenoxy) is 4. The van der Waals surface area contributed by atoms with Crippen LogP contribution < -0.4 is 20.1 Å². The highest BCUT2D eigenvalue weighted by molar-refractivity contribution is 6.32. The minimum atomic E-state index is -0.169. The van der Waals surface area contributed by atoms with Crippen LogP contribution in [0.25, 0.3) is 11.1 Å². The summed E-state index contributed by atoms with van der Waals surface area (Å²) in [5.41, 5.74) is 2.45. The first kappa shape index (κ1) is 33.5. The van der Waals surface area contributed by atoms with Crippen LogP contribution in [0, 0.1) is 5.41 Å². The molecule has 0 amide bonds. The minimum absolute atomic E-state index is 0.0931. The number of nitrogens with one attached hydrogen (secondary N) is 3. The molecule has 4 heterocycles. The summed E-state index contributed by atoms with van der Waals surface area (Å²) in [6, 6.07) is 7.73. The Bertz CT molecular complexity index is 1450. The molecule has 4 atom stereocenters. The molecule has 6 rings (SSSR count). The summed E-state index contributed by atoms with van der Waals surface area (Å²) in [7, 11) is 1.71. The molecule has 3 N–H and O–H groups in total. The summed E-state index contributed by atoms with van der Waals surface area (Å²) in [5, 5.41) is 18.8. The van der Waals surface area contributed by atoms with Crippen LogP contribution in [-0.2, 0) is 9.47 Å². The van der Waals surface area contributed by atoms with Gasteiger partial charge in [-0.15, -0.1) is 5.10 Å². The van der Waals surface area contributed by atoms with E-state index < -0.39 is 0 Å². The molecule has 2 bridgehead atoms. The largest absolute Gasteiger partial charge is 0.487 e. The van der Waals surface area contributed by atoms with Gasteiger partial charge in [-0.1, -0.05) is 17.7 Å². The van der Waals surface area contributed by atoms with Gasteiger partial charge in [-0.2, -0.15) is 0 Å². The number of benzene rings is 1. The Hall–Kier alpha value is -3.45. The fraction of sp³-hybridized carbons (Fsp3) is 0.588. The van der Waals surface area contributed by atoms with Gasteiger partial charge in [0, 0.05) is 49.6 Å². The van der Waals surface area contributed by atoms with Gasteiger partial charge in [0.25, 0.3) is 5.88 Å². The molecule has 2 unspecified atom stereocenters. The Kier molecular flexibility index (Phi) is 11.1. The van der Waals surface area contributed by atoms with E-state index in [2.05, 4.69) is 30.2 Å². The van der Waals surface area contributed by atoms with E-state index in [0.717, 1.165) is 55.6 Å². The molecule has 12 nitrogen and oxygen atoms in total. The second-order valence-corrected chi connectivity index (χ2v) is 13.3. The summed E-state index contributed by atoms with van der Waals surface area (Å²) in [6.07, 6.45) is 14.4. The Balaban J connectivity index is 1.13. The molecule has 1 saturated carbocycles. The first-order valence-electron chi connectivity index (χ1n) is 16.8. The summed E-state index contributed by atoms with van der Waals surface area (Å²) in [6.45, 7) is 6.70. The average molecular weight is 667 g/mol. The zero-order valence-electron chi connectivity index (χ0n) is 27.5. The van der Waals surface area contributed by atoms with Crippen molar-refractivity contribution in [1.29, 1.82) is 5.41 Å². The summed E-state index contributed by atoms with van der Waals surface area (Å²) < 4.78 is 25.5. The van der Waals surface area contributed by atoms with Crippen molar-refractivity contribution in [2.45, 2.75) is 95.2 Å². The van der Waals surface area contributed by atoms with Crippen LogP contribution in [0.2, 0.25) is 5.02 Å². The second kappa shape index (κ2) is 15.6. The molecule has 0 radical (unpaired) electrons. The maximum atomic E-state index is 7.16. The number of methoxy groups -OCH3 is 1. The highest BCUT2D eigenvalue weighted by Crippen LogP contribution is 2.39. The predicted molar refractivity (Wildman–Crippen MR) is 182 cm³/mol. The molecular formula is C34H47ClN8O4. The summed E-state index contributed by atoms with van der Waals surface area (Å²) in [4.78, 5) is 12.0. The summed E-state index contributed by atoms with van der Waals surface area (Å²) in [5.74, 6) is 1.56. The lowest BCUT2D eigenvalue weighted by atomic mass is 9.89. The smallest absolute Gasteiger partial charge is 0.256 e. The van der Waals surface area contributed by atoms with E-state index in [4.69, 9.17) is 41.1 Å². The van der Waals surface area contributed by atoms with Crippen LogP contribution in [-0.4, -0.2) is 94.8 Å². The molecule has 47 heavy (non-hydrogen) atoms. The molecule has 254 valence electrons. The lowest BCUT2D eigenvalue weighted by molar-refractivity contribution is -0.0458. The van der Waals surface area contributed by atoms with Crippen molar-refractivity contribution < 1.29 is 18.9 Å². The lowest BCUT2D eigenvalue weighted by Crippen LogP contribution is -2.52. The van der Waals surface area contributed by atoms with Gasteiger partial charge in [0.15, 0.2) is 0 Å². The first-order valence-corrected chi connectivity index (χ1v) is 17.2. The topological polar surface area (TPSA) is 132 Å². The molecule has 13 heteroatoms. The Labute approximate surface area is 282 Å². The SMILES string of the molecule is COC(C)CCOc1nn([C@H]2CC[C@H](N3C4CC[C@H]3COC4)CC2)cc1Nc1ncc(-c2ccc(Cl)c(O[C@@H](C)CNC=N)c2)cn1. The van der Waals surface area contributed by atoms with Gasteiger partial charge in [0.1, 0.15) is 17.5 Å². The number of halogens is 1. The van der Waals surface area contributed by atoms with Crippen LogP contribution >= 0.6 is 11.6 Å². The zero-order valence-corrected chi connectivity index (χ0v) is 28.3. The van der Waals surface area contributed by atoms with E-state index in [1.165, 1.54) is 25.7 Å². The van der Waals surface area contributed by atoms with Crippen molar-refractivity contribution in [3.63, 3.8) is 0 Å². The van der Waals surface area contributed by atoms with Gasteiger partial charge in [-0.25, -0.2) is 9.97 Å². The third-order valence-corrected chi connectivity index (χ3v) is 9.93. The van der Waals surface area contributed by atoms with Crippen molar-refractivity contribution in [2.75, 3.05) is 38.8 Å². The third kappa shape index (κ3) is 8.17. The predicted octanol–water partition coefficient (Wildman–Crippen LogP) is 5.85. The van der Waals surface area contributed by atoms with Crippen LogP contribution in [0.15, 0.2) is 36.8 Å². The number of morpholine rings is 1. The van der Waals surface area contributed by atoms with Crippen molar-refractivity contribution in [3.05, 3.63) is 41.8 Å². The number of hydrogen-bond donors (Lipinski definition) is 3. The lowest BCUT2D eigenvalue weighted by Gasteiger charge is -2.43. The normalized spacial score (nSPS) is 24.0. The Morgan fingerprint density at radius 2 is 1.70 bits per heavy atom. The second-order valence-electron chi connectivity index (χ2n) is 12.9. The van der Waals surface area contributed by atoms with E-state index in [1.807, 2.05) is 32.2 Å². The first-order chi connectivity index (χ1) is 22.9. The highest BCUT2D eigenvalue weighted by Gasteiger charge is 2.42. The van der Waals surface area contributed by atoms with Crippen LogP contribution in [0.4, 0.5) is 11.6 Å². The van der Waals surface area contributed by atoms with Crippen molar-refractivity contribution >= 4 is 29.6 Å². The van der Waals surface area contributed by atoms with Gasteiger partial charge in [0.05, 0.1) is 56.1 Å². The number of nitrogens with zero attached hydrogens (tertiary/aromatic N) is 5.